The largest absolute Gasteiger partial charge is 0.497 e. The second-order valence-electron chi connectivity index (χ2n) is 7.28. The second-order valence-corrected chi connectivity index (χ2v) is 10.9. The van der Waals surface area contributed by atoms with Gasteiger partial charge in [-0.05, 0) is 62.3 Å². The molecule has 5 nitrogen and oxygen atoms in total. The fourth-order valence-corrected chi connectivity index (χ4v) is 6.26. The summed E-state index contributed by atoms with van der Waals surface area (Å²) in [6.07, 6.45) is 1.99. The minimum atomic E-state index is -3.32. The molecule has 3 aromatic rings. The highest BCUT2D eigenvalue weighted by atomic mass is 35.5. The Morgan fingerprint density at radius 1 is 1.21 bits per heavy atom. The van der Waals surface area contributed by atoms with Gasteiger partial charge in [0.15, 0.2) is 9.84 Å². The van der Waals surface area contributed by atoms with Gasteiger partial charge in [0.05, 0.1) is 33.0 Å². The van der Waals surface area contributed by atoms with E-state index in [1.54, 1.807) is 35.6 Å². The van der Waals surface area contributed by atoms with Crippen LogP contribution in [0.4, 0.5) is 0 Å². The number of hydrogen-bond acceptors (Lipinski definition) is 6. The maximum atomic E-state index is 12.7. The second kappa shape index (κ2) is 8.60. The average Bonchev–Trinajstić information content (AvgIpc) is 3.16. The van der Waals surface area contributed by atoms with Gasteiger partial charge in [0, 0.05) is 17.5 Å². The molecule has 0 atom stereocenters. The number of piperidine rings is 1. The summed E-state index contributed by atoms with van der Waals surface area (Å²) in [5, 5.41) is 1.87. The van der Waals surface area contributed by atoms with E-state index in [0.29, 0.717) is 28.1 Å². The number of nitrogens with zero attached hydrogens (tertiary/aromatic N) is 2. The summed E-state index contributed by atoms with van der Waals surface area (Å²) >= 11 is 7.80. The Morgan fingerprint density at radius 3 is 2.76 bits per heavy atom. The van der Waals surface area contributed by atoms with Crippen LogP contribution in [0.25, 0.3) is 10.2 Å². The number of likely N-dealkylation sites (tertiary alicyclic amines) is 1. The quantitative estimate of drug-likeness (QED) is 0.548. The lowest BCUT2D eigenvalue weighted by Crippen LogP contribution is -2.36. The summed E-state index contributed by atoms with van der Waals surface area (Å²) in [5.41, 5.74) is 0.962. The molecular formula is C21H23ClN2O3S2. The number of sulfone groups is 1. The van der Waals surface area contributed by atoms with E-state index in [1.807, 2.05) is 18.2 Å². The molecule has 0 N–H and O–H groups in total. The van der Waals surface area contributed by atoms with E-state index in [-0.39, 0.29) is 5.75 Å². The fourth-order valence-electron chi connectivity index (χ4n) is 3.66. The van der Waals surface area contributed by atoms with Gasteiger partial charge in [0.2, 0.25) is 0 Å². The summed E-state index contributed by atoms with van der Waals surface area (Å²) in [7, 11) is -1.79. The van der Waals surface area contributed by atoms with Gasteiger partial charge in [-0.2, -0.15) is 0 Å². The molecular weight excluding hydrogens is 428 g/mol. The Hall–Kier alpha value is -1.67. The van der Waals surface area contributed by atoms with E-state index in [1.165, 1.54) is 7.11 Å². The summed E-state index contributed by atoms with van der Waals surface area (Å²) in [6.45, 7) is 2.31. The number of thiazole rings is 1. The zero-order chi connectivity index (χ0) is 20.4. The van der Waals surface area contributed by atoms with Crippen molar-refractivity contribution in [1.82, 2.24) is 9.88 Å². The third kappa shape index (κ3) is 4.74. The molecule has 154 valence electrons. The van der Waals surface area contributed by atoms with Crippen molar-refractivity contribution < 1.29 is 13.2 Å². The van der Waals surface area contributed by atoms with Gasteiger partial charge in [-0.1, -0.05) is 17.7 Å². The Kier molecular flexibility index (Phi) is 6.11. The predicted octanol–water partition coefficient (Wildman–Crippen LogP) is 4.61. The highest BCUT2D eigenvalue weighted by Gasteiger charge is 2.25. The third-order valence-electron chi connectivity index (χ3n) is 5.38. The Morgan fingerprint density at radius 2 is 2.00 bits per heavy atom. The van der Waals surface area contributed by atoms with Crippen molar-refractivity contribution in [2.75, 3.05) is 32.5 Å². The number of fused-ring (bicyclic) bond motifs is 1. The van der Waals surface area contributed by atoms with Gasteiger partial charge >= 0.3 is 0 Å². The number of ether oxygens (including phenoxy) is 1. The van der Waals surface area contributed by atoms with E-state index in [9.17, 15) is 8.42 Å². The van der Waals surface area contributed by atoms with Crippen molar-refractivity contribution >= 4 is 43.0 Å². The molecule has 8 heteroatoms. The number of aromatic nitrogens is 1. The maximum Gasteiger partial charge on any atom is 0.179 e. The standard InChI is InChI=1S/C21H23ClN2O3S2/c1-27-17-3-2-4-18(14-17)29(25,26)12-11-24-9-7-15(8-10-24)21-23-19-13-16(22)5-6-20(19)28-21/h2-6,13-15H,7-12H2,1H3. The molecule has 0 bridgehead atoms. The van der Waals surface area contributed by atoms with Gasteiger partial charge in [0.1, 0.15) is 5.75 Å². The van der Waals surface area contributed by atoms with Crippen LogP contribution in [-0.2, 0) is 9.84 Å². The summed E-state index contributed by atoms with van der Waals surface area (Å²) in [4.78, 5) is 7.33. The molecule has 0 aliphatic carbocycles. The van der Waals surface area contributed by atoms with Gasteiger partial charge in [-0.3, -0.25) is 0 Å². The minimum absolute atomic E-state index is 0.116. The molecule has 0 spiro atoms. The van der Waals surface area contributed by atoms with E-state index < -0.39 is 9.84 Å². The molecule has 1 saturated heterocycles. The fraction of sp³-hybridized carbons (Fsp3) is 0.381. The van der Waals surface area contributed by atoms with E-state index >= 15 is 0 Å². The van der Waals surface area contributed by atoms with Crippen LogP contribution in [0, 0.1) is 0 Å². The summed E-state index contributed by atoms with van der Waals surface area (Å²) < 4.78 is 31.6. The lowest BCUT2D eigenvalue weighted by molar-refractivity contribution is 0.223. The molecule has 0 amide bonds. The third-order valence-corrected chi connectivity index (χ3v) is 8.51. The molecule has 0 saturated carbocycles. The first-order chi connectivity index (χ1) is 13.9. The molecule has 0 radical (unpaired) electrons. The lowest BCUT2D eigenvalue weighted by atomic mass is 9.98. The van der Waals surface area contributed by atoms with Crippen LogP contribution in [0.3, 0.4) is 0 Å². The van der Waals surface area contributed by atoms with Gasteiger partial charge in [-0.15, -0.1) is 11.3 Å². The highest BCUT2D eigenvalue weighted by molar-refractivity contribution is 7.91. The van der Waals surface area contributed by atoms with E-state index in [0.717, 1.165) is 41.2 Å². The van der Waals surface area contributed by atoms with Crippen molar-refractivity contribution in [3.63, 3.8) is 0 Å². The van der Waals surface area contributed by atoms with Crippen LogP contribution >= 0.6 is 22.9 Å². The van der Waals surface area contributed by atoms with E-state index in [2.05, 4.69) is 4.90 Å². The Balaban J connectivity index is 1.34. The van der Waals surface area contributed by atoms with E-state index in [4.69, 9.17) is 21.3 Å². The smallest absolute Gasteiger partial charge is 0.179 e. The van der Waals surface area contributed by atoms with Gasteiger partial charge in [0.25, 0.3) is 0 Å². The molecule has 1 aliphatic rings. The summed E-state index contributed by atoms with van der Waals surface area (Å²) in [6, 6.07) is 12.5. The molecule has 1 aromatic heterocycles. The molecule has 2 aromatic carbocycles. The van der Waals surface area contributed by atoms with Crippen molar-refractivity contribution in [2.45, 2.75) is 23.7 Å². The van der Waals surface area contributed by atoms with Crippen molar-refractivity contribution in [1.29, 1.82) is 0 Å². The first-order valence-electron chi connectivity index (χ1n) is 9.60. The molecule has 0 unspecified atom stereocenters. The molecule has 29 heavy (non-hydrogen) atoms. The first-order valence-corrected chi connectivity index (χ1v) is 12.4. The predicted molar refractivity (Wildman–Crippen MR) is 118 cm³/mol. The lowest BCUT2D eigenvalue weighted by Gasteiger charge is -2.30. The molecule has 1 fully saturated rings. The van der Waals surface area contributed by atoms with Crippen molar-refractivity contribution in [3.8, 4) is 5.75 Å². The molecule has 1 aliphatic heterocycles. The van der Waals surface area contributed by atoms with Crippen LogP contribution in [0.1, 0.15) is 23.8 Å². The van der Waals surface area contributed by atoms with Crippen LogP contribution < -0.4 is 4.74 Å². The summed E-state index contributed by atoms with van der Waals surface area (Å²) in [5.74, 6) is 1.10. The number of hydrogen-bond donors (Lipinski definition) is 0. The zero-order valence-corrected chi connectivity index (χ0v) is 18.6. The number of rotatable bonds is 6. The minimum Gasteiger partial charge on any atom is -0.497 e. The monoisotopic (exact) mass is 450 g/mol. The normalized spacial score (nSPS) is 16.3. The average molecular weight is 451 g/mol. The van der Waals surface area contributed by atoms with Crippen LogP contribution in [-0.4, -0.2) is 50.8 Å². The highest BCUT2D eigenvalue weighted by Crippen LogP contribution is 2.34. The number of halogens is 1. The first kappa shape index (κ1) is 20.6. The van der Waals surface area contributed by atoms with Gasteiger partial charge in [-0.25, -0.2) is 13.4 Å². The van der Waals surface area contributed by atoms with Gasteiger partial charge < -0.3 is 9.64 Å². The topological polar surface area (TPSA) is 59.5 Å². The van der Waals surface area contributed by atoms with Crippen molar-refractivity contribution in [2.24, 2.45) is 0 Å². The SMILES string of the molecule is COc1cccc(S(=O)(=O)CCN2CCC(c3nc4cc(Cl)ccc4s3)CC2)c1. The van der Waals surface area contributed by atoms with Crippen molar-refractivity contribution in [3.05, 3.63) is 52.5 Å². The molecule has 4 rings (SSSR count). The van der Waals surface area contributed by atoms with Crippen LogP contribution in [0.15, 0.2) is 47.4 Å². The maximum absolute atomic E-state index is 12.7. The number of benzene rings is 2. The Labute approximate surface area is 180 Å². The van der Waals surface area contributed by atoms with Crippen LogP contribution in [0.2, 0.25) is 5.02 Å². The molecule has 2 heterocycles. The zero-order valence-electron chi connectivity index (χ0n) is 16.2. The Bertz CT molecular complexity index is 1110. The number of methoxy groups -OCH3 is 1. The van der Waals surface area contributed by atoms with Crippen LogP contribution in [0.5, 0.6) is 5.75 Å².